The molecule has 3 heteroatoms. The Labute approximate surface area is 110 Å². The number of phenols is 1. The zero-order valence-corrected chi connectivity index (χ0v) is 10.2. The Morgan fingerprint density at radius 1 is 1.11 bits per heavy atom. The van der Waals surface area contributed by atoms with Crippen molar-refractivity contribution in [2.45, 2.75) is 6.42 Å². The van der Waals surface area contributed by atoms with Gasteiger partial charge in [0.15, 0.2) is 0 Å². The minimum atomic E-state index is 0.151. The number of rotatable bonds is 3. The van der Waals surface area contributed by atoms with E-state index in [0.717, 1.165) is 22.8 Å². The van der Waals surface area contributed by atoms with E-state index < -0.39 is 0 Å². The number of phenolic OH excluding ortho intramolecular Hbond substituents is 1. The lowest BCUT2D eigenvalue weighted by atomic mass is 10.0. The molecule has 0 aliphatic heterocycles. The summed E-state index contributed by atoms with van der Waals surface area (Å²) in [5.41, 5.74) is 2.38. The predicted molar refractivity (Wildman–Crippen MR) is 73.1 cm³/mol. The van der Waals surface area contributed by atoms with Crippen LogP contribution in [0.1, 0.15) is 5.56 Å². The number of aromatic hydroxyl groups is 1. The van der Waals surface area contributed by atoms with Crippen LogP contribution >= 0.6 is 0 Å². The number of fused-ring (bicyclic) bond motifs is 1. The fourth-order valence-electron chi connectivity index (χ4n) is 2.25. The van der Waals surface area contributed by atoms with Gasteiger partial charge in [0.2, 0.25) is 0 Å². The van der Waals surface area contributed by atoms with Crippen molar-refractivity contribution in [3.63, 3.8) is 0 Å². The molecule has 0 bridgehead atoms. The molecular formula is C16H12O3. The molecule has 0 amide bonds. The lowest BCUT2D eigenvalue weighted by Gasteiger charge is -1.99. The average Bonchev–Trinajstić information content (AvgIpc) is 2.78. The molecule has 0 fully saturated rings. The van der Waals surface area contributed by atoms with E-state index in [4.69, 9.17) is 4.42 Å². The first-order valence-corrected chi connectivity index (χ1v) is 6.03. The van der Waals surface area contributed by atoms with E-state index in [9.17, 15) is 9.90 Å². The maximum atomic E-state index is 10.9. The lowest BCUT2D eigenvalue weighted by molar-refractivity contribution is -0.107. The Morgan fingerprint density at radius 3 is 2.63 bits per heavy atom. The SMILES string of the molecule is O=CCc1c(-c2ccccc2)oc2cc(O)ccc12. The molecule has 1 N–H and O–H groups in total. The quantitative estimate of drug-likeness (QED) is 0.725. The normalized spacial score (nSPS) is 10.7. The molecule has 94 valence electrons. The van der Waals surface area contributed by atoms with Crippen molar-refractivity contribution in [3.05, 3.63) is 54.1 Å². The summed E-state index contributed by atoms with van der Waals surface area (Å²) < 4.78 is 5.80. The number of hydrogen-bond acceptors (Lipinski definition) is 3. The van der Waals surface area contributed by atoms with Crippen LogP contribution in [0.15, 0.2) is 52.9 Å². The Bertz CT molecular complexity index is 726. The Hall–Kier alpha value is -2.55. The van der Waals surface area contributed by atoms with Crippen molar-refractivity contribution in [2.24, 2.45) is 0 Å². The fraction of sp³-hybridized carbons (Fsp3) is 0.0625. The minimum Gasteiger partial charge on any atom is -0.508 e. The Kier molecular flexibility index (Phi) is 2.80. The van der Waals surface area contributed by atoms with Crippen molar-refractivity contribution in [3.8, 4) is 17.1 Å². The summed E-state index contributed by atoms with van der Waals surface area (Å²) in [6, 6.07) is 14.6. The van der Waals surface area contributed by atoms with Gasteiger partial charge in [0.1, 0.15) is 23.4 Å². The molecule has 19 heavy (non-hydrogen) atoms. The van der Waals surface area contributed by atoms with Gasteiger partial charge in [-0.2, -0.15) is 0 Å². The number of furan rings is 1. The van der Waals surface area contributed by atoms with E-state index in [1.165, 1.54) is 0 Å². The molecular weight excluding hydrogens is 240 g/mol. The van der Waals surface area contributed by atoms with Gasteiger partial charge >= 0.3 is 0 Å². The molecule has 2 aromatic carbocycles. The second-order valence-corrected chi connectivity index (χ2v) is 4.33. The highest BCUT2D eigenvalue weighted by atomic mass is 16.3. The van der Waals surface area contributed by atoms with Crippen LogP contribution in [0.25, 0.3) is 22.3 Å². The van der Waals surface area contributed by atoms with Crippen molar-refractivity contribution < 1.29 is 14.3 Å². The van der Waals surface area contributed by atoms with E-state index in [1.807, 2.05) is 30.3 Å². The topological polar surface area (TPSA) is 50.4 Å². The molecule has 0 aliphatic carbocycles. The molecule has 0 radical (unpaired) electrons. The lowest BCUT2D eigenvalue weighted by Crippen LogP contribution is -1.87. The van der Waals surface area contributed by atoms with Crippen molar-refractivity contribution in [2.75, 3.05) is 0 Å². The van der Waals surface area contributed by atoms with E-state index in [1.54, 1.807) is 18.2 Å². The molecule has 0 aliphatic rings. The first kappa shape index (κ1) is 11.5. The van der Waals surface area contributed by atoms with Crippen LogP contribution in [0, 0.1) is 0 Å². The average molecular weight is 252 g/mol. The summed E-state index contributed by atoms with van der Waals surface area (Å²) in [7, 11) is 0. The largest absolute Gasteiger partial charge is 0.508 e. The molecule has 0 spiro atoms. The molecule has 3 rings (SSSR count). The zero-order valence-electron chi connectivity index (χ0n) is 10.2. The van der Waals surface area contributed by atoms with Crippen LogP contribution < -0.4 is 0 Å². The highest BCUT2D eigenvalue weighted by Crippen LogP contribution is 2.35. The molecule has 1 heterocycles. The number of carbonyl (C=O) groups excluding carboxylic acids is 1. The highest BCUT2D eigenvalue weighted by molar-refractivity contribution is 5.90. The maximum absolute atomic E-state index is 10.9. The van der Waals surface area contributed by atoms with E-state index in [0.29, 0.717) is 17.8 Å². The molecule has 0 saturated carbocycles. The van der Waals surface area contributed by atoms with Gasteiger partial charge < -0.3 is 14.3 Å². The summed E-state index contributed by atoms with van der Waals surface area (Å²) in [6.07, 6.45) is 1.16. The maximum Gasteiger partial charge on any atom is 0.139 e. The van der Waals surface area contributed by atoms with Gasteiger partial charge in [0, 0.05) is 29.0 Å². The highest BCUT2D eigenvalue weighted by Gasteiger charge is 2.15. The first-order chi connectivity index (χ1) is 9.29. The molecule has 0 saturated heterocycles. The third-order valence-corrected chi connectivity index (χ3v) is 3.10. The summed E-state index contributed by atoms with van der Waals surface area (Å²) in [6.45, 7) is 0. The van der Waals surface area contributed by atoms with Gasteiger partial charge in [-0.1, -0.05) is 30.3 Å². The Morgan fingerprint density at radius 2 is 1.89 bits per heavy atom. The second kappa shape index (κ2) is 4.61. The van der Waals surface area contributed by atoms with Gasteiger partial charge in [0.25, 0.3) is 0 Å². The van der Waals surface area contributed by atoms with Crippen LogP contribution in [-0.4, -0.2) is 11.4 Å². The third kappa shape index (κ3) is 1.99. The van der Waals surface area contributed by atoms with Crippen molar-refractivity contribution in [1.29, 1.82) is 0 Å². The second-order valence-electron chi connectivity index (χ2n) is 4.33. The molecule has 3 nitrogen and oxygen atoms in total. The van der Waals surface area contributed by atoms with Gasteiger partial charge in [-0.3, -0.25) is 0 Å². The third-order valence-electron chi connectivity index (χ3n) is 3.10. The van der Waals surface area contributed by atoms with E-state index >= 15 is 0 Å². The van der Waals surface area contributed by atoms with Crippen molar-refractivity contribution in [1.82, 2.24) is 0 Å². The van der Waals surface area contributed by atoms with Gasteiger partial charge in [-0.15, -0.1) is 0 Å². The van der Waals surface area contributed by atoms with Crippen LogP contribution in [0.3, 0.4) is 0 Å². The summed E-state index contributed by atoms with van der Waals surface area (Å²) in [5.74, 6) is 0.840. The van der Waals surface area contributed by atoms with Crippen LogP contribution in [0.2, 0.25) is 0 Å². The molecule has 3 aromatic rings. The monoisotopic (exact) mass is 252 g/mol. The summed E-state index contributed by atoms with van der Waals surface area (Å²) in [5, 5.41) is 10.4. The van der Waals surface area contributed by atoms with E-state index in [2.05, 4.69) is 0 Å². The van der Waals surface area contributed by atoms with E-state index in [-0.39, 0.29) is 5.75 Å². The van der Waals surface area contributed by atoms with Gasteiger partial charge in [-0.25, -0.2) is 0 Å². The van der Waals surface area contributed by atoms with Crippen LogP contribution in [-0.2, 0) is 11.2 Å². The molecule has 0 atom stereocenters. The number of benzene rings is 2. The standard InChI is InChI=1S/C16H12O3/c17-9-8-14-13-7-6-12(18)10-15(13)19-16(14)11-4-2-1-3-5-11/h1-7,9-10,18H,8H2. The minimum absolute atomic E-state index is 0.151. The fourth-order valence-corrected chi connectivity index (χ4v) is 2.25. The zero-order chi connectivity index (χ0) is 13.2. The number of hydrogen-bond donors (Lipinski definition) is 1. The smallest absolute Gasteiger partial charge is 0.139 e. The van der Waals surface area contributed by atoms with Crippen molar-refractivity contribution >= 4 is 17.3 Å². The Balaban J connectivity index is 2.28. The number of aldehydes is 1. The van der Waals surface area contributed by atoms with Crippen LogP contribution in [0.4, 0.5) is 0 Å². The summed E-state index contributed by atoms with van der Waals surface area (Å²) in [4.78, 5) is 10.9. The van der Waals surface area contributed by atoms with Gasteiger partial charge in [-0.05, 0) is 12.1 Å². The molecule has 0 unspecified atom stereocenters. The number of carbonyl (C=O) groups is 1. The summed E-state index contributed by atoms with van der Waals surface area (Å²) >= 11 is 0. The van der Waals surface area contributed by atoms with Crippen LogP contribution in [0.5, 0.6) is 5.75 Å². The molecule has 1 aromatic heterocycles. The first-order valence-electron chi connectivity index (χ1n) is 6.03. The predicted octanol–water partition coefficient (Wildman–Crippen LogP) is 3.55. The van der Waals surface area contributed by atoms with Gasteiger partial charge in [0.05, 0.1) is 0 Å².